The molecule has 0 unspecified atom stereocenters. The third kappa shape index (κ3) is 4.01. The first-order chi connectivity index (χ1) is 17.5. The Morgan fingerprint density at radius 3 is 2.28 bits per heavy atom. The lowest BCUT2D eigenvalue weighted by atomic mass is 9.97. The summed E-state index contributed by atoms with van der Waals surface area (Å²) < 4.78 is 1.08. The molecule has 0 aliphatic heterocycles. The van der Waals surface area contributed by atoms with E-state index in [1.807, 2.05) is 67.6 Å². The van der Waals surface area contributed by atoms with Gasteiger partial charge in [0.15, 0.2) is 5.69 Å². The molecule has 0 spiro atoms. The summed E-state index contributed by atoms with van der Waals surface area (Å²) in [4.78, 5) is 26.0. The minimum absolute atomic E-state index is 0.0485. The van der Waals surface area contributed by atoms with Crippen LogP contribution in [0.1, 0.15) is 32.7 Å². The minimum Gasteiger partial charge on any atom is -0.266 e. The Morgan fingerprint density at radius 1 is 0.972 bits per heavy atom. The van der Waals surface area contributed by atoms with Crippen LogP contribution in [-0.4, -0.2) is 21.9 Å². The lowest BCUT2D eigenvalue weighted by Gasteiger charge is -2.11. The van der Waals surface area contributed by atoms with E-state index in [9.17, 15) is 14.9 Å². The summed E-state index contributed by atoms with van der Waals surface area (Å²) in [6.45, 7) is 3.41. The Hall–Kier alpha value is -5.09. The van der Waals surface area contributed by atoms with E-state index >= 15 is 0 Å². The molecule has 0 aliphatic carbocycles. The van der Waals surface area contributed by atoms with Crippen LogP contribution in [0.3, 0.4) is 0 Å². The molecular weight excluding hydrogens is 450 g/mol. The molecule has 7 heteroatoms. The van der Waals surface area contributed by atoms with Crippen LogP contribution in [-0.2, 0) is 0 Å². The fourth-order valence-electron chi connectivity index (χ4n) is 4.28. The van der Waals surface area contributed by atoms with Crippen molar-refractivity contribution in [3.05, 3.63) is 117 Å². The van der Waals surface area contributed by atoms with Gasteiger partial charge in [-0.05, 0) is 59.2 Å². The largest absolute Gasteiger partial charge is 0.292 e. The van der Waals surface area contributed by atoms with E-state index in [1.54, 1.807) is 24.4 Å². The molecule has 4 aromatic carbocycles. The Bertz CT molecular complexity index is 1740. The second-order valence-corrected chi connectivity index (χ2v) is 8.45. The number of hydrazone groups is 1. The molecule has 0 saturated carbocycles. The molecule has 1 amide bonds. The summed E-state index contributed by atoms with van der Waals surface area (Å²) in [5, 5.41) is 22.2. The van der Waals surface area contributed by atoms with Gasteiger partial charge < -0.3 is 0 Å². The van der Waals surface area contributed by atoms with E-state index in [0.29, 0.717) is 5.69 Å². The van der Waals surface area contributed by atoms with Crippen LogP contribution in [0.4, 0.5) is 0 Å². The van der Waals surface area contributed by atoms with Gasteiger partial charge in [0, 0.05) is 11.1 Å². The molecule has 1 aromatic heterocycles. The predicted octanol–water partition coefficient (Wildman–Crippen LogP) is 4.79. The van der Waals surface area contributed by atoms with Gasteiger partial charge in [-0.2, -0.15) is 20.1 Å². The molecule has 0 saturated heterocycles. The summed E-state index contributed by atoms with van der Waals surface area (Å²) in [5.74, 6) is -0.619. The van der Waals surface area contributed by atoms with Crippen molar-refractivity contribution in [1.29, 1.82) is 5.26 Å². The van der Waals surface area contributed by atoms with Crippen molar-refractivity contribution in [2.45, 2.75) is 13.8 Å². The monoisotopic (exact) mass is 471 g/mol. The van der Waals surface area contributed by atoms with Gasteiger partial charge in [0.05, 0.1) is 11.9 Å². The van der Waals surface area contributed by atoms with Crippen molar-refractivity contribution in [3.63, 3.8) is 0 Å². The molecule has 1 heterocycles. The Kier molecular flexibility index (Phi) is 5.85. The van der Waals surface area contributed by atoms with E-state index in [2.05, 4.69) is 21.7 Å². The molecule has 0 bridgehead atoms. The zero-order valence-electron chi connectivity index (χ0n) is 19.7. The average molecular weight is 472 g/mol. The van der Waals surface area contributed by atoms with Crippen molar-refractivity contribution in [3.8, 4) is 11.8 Å². The first kappa shape index (κ1) is 22.7. The van der Waals surface area contributed by atoms with Crippen LogP contribution in [0.5, 0.6) is 0 Å². The predicted molar refractivity (Wildman–Crippen MR) is 141 cm³/mol. The first-order valence-electron chi connectivity index (χ1n) is 11.3. The maximum Gasteiger partial charge on any atom is 0.292 e. The van der Waals surface area contributed by atoms with Crippen LogP contribution < -0.4 is 11.0 Å². The number of aryl methyl sites for hydroxylation is 1. The van der Waals surface area contributed by atoms with Gasteiger partial charge in [0.25, 0.3) is 11.5 Å². The number of carbonyl (C=O) groups is 1. The number of hydrogen-bond acceptors (Lipinski definition) is 5. The van der Waals surface area contributed by atoms with Gasteiger partial charge in [-0.25, -0.2) is 5.43 Å². The zero-order chi connectivity index (χ0) is 25.2. The summed E-state index contributed by atoms with van der Waals surface area (Å²) >= 11 is 0. The number of nitrogens with one attached hydrogen (secondary N) is 1. The van der Waals surface area contributed by atoms with Gasteiger partial charge >= 0.3 is 0 Å². The van der Waals surface area contributed by atoms with E-state index in [-0.39, 0.29) is 16.8 Å². The van der Waals surface area contributed by atoms with Crippen LogP contribution in [0.2, 0.25) is 0 Å². The lowest BCUT2D eigenvalue weighted by Crippen LogP contribution is -2.31. The highest BCUT2D eigenvalue weighted by Crippen LogP contribution is 2.27. The number of benzene rings is 4. The standard InChI is InChI=1S/C29H21N5O2/c1-18-8-7-11-22(14-18)34-29(36)25(16-30)19(2)27(33-34)28(35)32-31-17-26-23-12-5-3-9-20(23)15-21-10-4-6-13-24(21)26/h3-15,17H,1-2H3,(H,32,35)/b31-17+. The number of fused-ring (bicyclic) bond motifs is 2. The molecule has 0 fully saturated rings. The molecule has 7 nitrogen and oxygen atoms in total. The van der Waals surface area contributed by atoms with E-state index < -0.39 is 11.5 Å². The fourth-order valence-corrected chi connectivity index (χ4v) is 4.28. The van der Waals surface area contributed by atoms with Crippen molar-refractivity contribution >= 4 is 33.7 Å². The molecule has 0 atom stereocenters. The Morgan fingerprint density at radius 2 is 1.64 bits per heavy atom. The summed E-state index contributed by atoms with van der Waals surface area (Å²) in [6, 6.07) is 27.1. The molecule has 174 valence electrons. The summed E-state index contributed by atoms with van der Waals surface area (Å²) in [5.41, 5.74) is 4.21. The molecule has 5 rings (SSSR count). The number of rotatable bonds is 4. The van der Waals surface area contributed by atoms with E-state index in [1.165, 1.54) is 6.92 Å². The van der Waals surface area contributed by atoms with Crippen LogP contribution >= 0.6 is 0 Å². The summed E-state index contributed by atoms with van der Waals surface area (Å²) in [7, 11) is 0. The molecule has 0 aliphatic rings. The Balaban J connectivity index is 1.55. The van der Waals surface area contributed by atoms with Gasteiger partial charge in [0.1, 0.15) is 11.6 Å². The number of nitriles is 1. The number of hydrogen-bond donors (Lipinski definition) is 1. The maximum atomic E-state index is 13.1. The molecule has 0 radical (unpaired) electrons. The SMILES string of the molecule is Cc1cccc(-n2nc(C(=O)N/N=C/c3c4ccccc4cc4ccccc34)c(C)c(C#N)c2=O)c1. The minimum atomic E-state index is -0.619. The van der Waals surface area contributed by atoms with Crippen molar-refractivity contribution in [2.24, 2.45) is 5.10 Å². The van der Waals surface area contributed by atoms with Gasteiger partial charge in [-0.3, -0.25) is 9.59 Å². The second kappa shape index (κ2) is 9.28. The van der Waals surface area contributed by atoms with Crippen LogP contribution in [0, 0.1) is 25.2 Å². The van der Waals surface area contributed by atoms with Crippen LogP contribution in [0.15, 0.2) is 88.8 Å². The number of aromatic nitrogens is 2. The Labute approximate surface area is 206 Å². The molecular formula is C29H21N5O2. The van der Waals surface area contributed by atoms with Crippen molar-refractivity contribution in [1.82, 2.24) is 15.2 Å². The lowest BCUT2D eigenvalue weighted by molar-refractivity contribution is 0.0947. The van der Waals surface area contributed by atoms with Crippen molar-refractivity contribution < 1.29 is 4.79 Å². The van der Waals surface area contributed by atoms with E-state index in [0.717, 1.165) is 37.4 Å². The number of carbonyl (C=O) groups excluding carboxylic acids is 1. The maximum absolute atomic E-state index is 13.1. The quantitative estimate of drug-likeness (QED) is 0.231. The second-order valence-electron chi connectivity index (χ2n) is 8.45. The molecule has 36 heavy (non-hydrogen) atoms. The number of nitrogens with zero attached hydrogens (tertiary/aromatic N) is 4. The average Bonchev–Trinajstić information content (AvgIpc) is 2.88. The molecule has 1 N–H and O–H groups in total. The van der Waals surface area contributed by atoms with E-state index in [4.69, 9.17) is 0 Å². The third-order valence-electron chi connectivity index (χ3n) is 6.08. The normalized spacial score (nSPS) is 11.1. The highest BCUT2D eigenvalue weighted by molar-refractivity contribution is 6.13. The van der Waals surface area contributed by atoms with Gasteiger partial charge in [-0.15, -0.1) is 0 Å². The van der Waals surface area contributed by atoms with Gasteiger partial charge in [-0.1, -0.05) is 60.7 Å². The smallest absolute Gasteiger partial charge is 0.266 e. The fraction of sp³-hybridized carbons (Fsp3) is 0.0690. The van der Waals surface area contributed by atoms with Gasteiger partial charge in [0.2, 0.25) is 0 Å². The topological polar surface area (TPSA) is 100 Å². The van der Waals surface area contributed by atoms with Crippen molar-refractivity contribution in [2.75, 3.05) is 0 Å². The number of amides is 1. The zero-order valence-corrected chi connectivity index (χ0v) is 19.7. The highest BCUT2D eigenvalue weighted by atomic mass is 16.2. The first-order valence-corrected chi connectivity index (χ1v) is 11.3. The molecule has 5 aromatic rings. The third-order valence-corrected chi connectivity index (χ3v) is 6.08. The highest BCUT2D eigenvalue weighted by Gasteiger charge is 2.20. The summed E-state index contributed by atoms with van der Waals surface area (Å²) in [6.07, 6.45) is 1.61. The van der Waals surface area contributed by atoms with Crippen LogP contribution in [0.25, 0.3) is 27.2 Å².